The van der Waals surface area contributed by atoms with Crippen LogP contribution in [0, 0.1) is 0 Å². The molecule has 0 spiro atoms. The van der Waals surface area contributed by atoms with Gasteiger partial charge in [0.2, 0.25) is 0 Å². The lowest BCUT2D eigenvalue weighted by Gasteiger charge is -2.13. The molecule has 0 radical (unpaired) electrons. The number of methoxy groups -OCH3 is 1. The van der Waals surface area contributed by atoms with Gasteiger partial charge in [0.1, 0.15) is 0 Å². The highest BCUT2D eigenvalue weighted by molar-refractivity contribution is 7.92. The molecule has 1 heterocycles. The van der Waals surface area contributed by atoms with E-state index in [0.717, 1.165) is 11.6 Å². The van der Waals surface area contributed by atoms with Gasteiger partial charge in [-0.2, -0.15) is 0 Å². The predicted octanol–water partition coefficient (Wildman–Crippen LogP) is 3.25. The molecule has 3 aromatic rings. The minimum Gasteiger partial charge on any atom is -0.465 e. The van der Waals surface area contributed by atoms with Crippen LogP contribution in [0.3, 0.4) is 0 Å². The van der Waals surface area contributed by atoms with Crippen LogP contribution in [0.1, 0.15) is 26.3 Å². The Balaban J connectivity index is 1.84. The largest absolute Gasteiger partial charge is 0.465 e. The summed E-state index contributed by atoms with van der Waals surface area (Å²) in [4.78, 5) is 28.2. The molecule has 0 aliphatic heterocycles. The van der Waals surface area contributed by atoms with Gasteiger partial charge in [0.05, 0.1) is 33.8 Å². The number of amides is 1. The molecular formula is C21H18ClN3O5S. The highest BCUT2D eigenvalue weighted by atomic mass is 35.5. The van der Waals surface area contributed by atoms with Gasteiger partial charge in [-0.3, -0.25) is 14.5 Å². The van der Waals surface area contributed by atoms with Gasteiger partial charge in [-0.1, -0.05) is 29.8 Å². The summed E-state index contributed by atoms with van der Waals surface area (Å²) < 4.78 is 32.8. The minimum atomic E-state index is -4.12. The van der Waals surface area contributed by atoms with Crippen molar-refractivity contribution in [3.05, 3.63) is 88.7 Å². The smallest absolute Gasteiger partial charge is 0.339 e. The molecule has 0 saturated carbocycles. The third-order valence-corrected chi connectivity index (χ3v) is 5.94. The Morgan fingerprint density at radius 2 is 1.84 bits per heavy atom. The lowest BCUT2D eigenvalue weighted by Crippen LogP contribution is -2.25. The normalized spacial score (nSPS) is 10.9. The van der Waals surface area contributed by atoms with Gasteiger partial charge in [0, 0.05) is 18.9 Å². The predicted molar refractivity (Wildman–Crippen MR) is 115 cm³/mol. The molecular weight excluding hydrogens is 442 g/mol. The van der Waals surface area contributed by atoms with Crippen LogP contribution in [0.2, 0.25) is 5.02 Å². The summed E-state index contributed by atoms with van der Waals surface area (Å²) in [6.07, 6.45) is 3.24. The van der Waals surface area contributed by atoms with Gasteiger partial charge >= 0.3 is 5.97 Å². The average Bonchev–Trinajstić information content (AvgIpc) is 2.78. The molecule has 10 heteroatoms. The Morgan fingerprint density at radius 1 is 1.06 bits per heavy atom. The molecule has 2 aromatic carbocycles. The second-order valence-corrected chi connectivity index (χ2v) is 8.42. The molecule has 0 saturated heterocycles. The van der Waals surface area contributed by atoms with E-state index in [4.69, 9.17) is 11.6 Å². The Labute approximate surface area is 184 Å². The first-order valence-corrected chi connectivity index (χ1v) is 10.8. The number of sulfonamides is 1. The number of carbonyl (C=O) groups excluding carboxylic acids is 2. The molecule has 0 atom stereocenters. The summed E-state index contributed by atoms with van der Waals surface area (Å²) in [6, 6.07) is 13.4. The van der Waals surface area contributed by atoms with Crippen LogP contribution in [0.25, 0.3) is 0 Å². The van der Waals surface area contributed by atoms with Gasteiger partial charge in [-0.25, -0.2) is 13.2 Å². The van der Waals surface area contributed by atoms with Gasteiger partial charge in [0.25, 0.3) is 15.9 Å². The number of nitrogens with zero attached hydrogens (tertiary/aromatic N) is 1. The average molecular weight is 460 g/mol. The number of halogens is 1. The molecule has 0 fully saturated rings. The second-order valence-electron chi connectivity index (χ2n) is 6.33. The van der Waals surface area contributed by atoms with Crippen LogP contribution in [0.4, 0.5) is 5.69 Å². The van der Waals surface area contributed by atoms with E-state index < -0.39 is 21.9 Å². The lowest BCUT2D eigenvalue weighted by atomic mass is 10.1. The van der Waals surface area contributed by atoms with E-state index in [0.29, 0.717) is 0 Å². The van der Waals surface area contributed by atoms with Crippen LogP contribution in [0.5, 0.6) is 0 Å². The number of benzene rings is 2. The van der Waals surface area contributed by atoms with E-state index in [1.54, 1.807) is 36.7 Å². The quantitative estimate of drug-likeness (QED) is 0.524. The molecule has 31 heavy (non-hydrogen) atoms. The number of nitrogens with one attached hydrogen (secondary N) is 2. The number of rotatable bonds is 7. The van der Waals surface area contributed by atoms with Crippen molar-refractivity contribution in [1.82, 2.24) is 10.3 Å². The Kier molecular flexibility index (Phi) is 6.88. The first-order chi connectivity index (χ1) is 14.8. The SMILES string of the molecule is COC(=O)c1cc(S(=O)(=O)Nc2ccccc2C(=O)NCc2cccnc2)ccc1Cl. The van der Waals surface area contributed by atoms with Crippen LogP contribution in [-0.2, 0) is 21.3 Å². The summed E-state index contributed by atoms with van der Waals surface area (Å²) in [7, 11) is -2.96. The molecule has 0 aliphatic rings. The van der Waals surface area contributed by atoms with Crippen molar-refractivity contribution in [1.29, 1.82) is 0 Å². The number of ether oxygens (including phenoxy) is 1. The summed E-state index contributed by atoms with van der Waals surface area (Å²) >= 11 is 5.96. The van der Waals surface area contributed by atoms with E-state index >= 15 is 0 Å². The summed E-state index contributed by atoms with van der Waals surface area (Å²) in [5.74, 6) is -1.23. The minimum absolute atomic E-state index is 0.0565. The molecule has 160 valence electrons. The number of hydrogen-bond donors (Lipinski definition) is 2. The van der Waals surface area contributed by atoms with Gasteiger partial charge < -0.3 is 10.1 Å². The van der Waals surface area contributed by atoms with E-state index in [1.807, 2.05) is 0 Å². The number of hydrogen-bond acceptors (Lipinski definition) is 6. The highest BCUT2D eigenvalue weighted by Crippen LogP contribution is 2.24. The van der Waals surface area contributed by atoms with Crippen molar-refractivity contribution >= 4 is 39.2 Å². The standard InChI is InChI=1S/C21H18ClN3O5S/c1-30-21(27)17-11-15(8-9-18(17)22)31(28,29)25-19-7-3-2-6-16(19)20(26)24-13-14-5-4-10-23-12-14/h2-12,25H,13H2,1H3,(H,24,26). The van der Waals surface area contributed by atoms with E-state index in [1.165, 1.54) is 31.4 Å². The fourth-order valence-corrected chi connectivity index (χ4v) is 3.99. The lowest BCUT2D eigenvalue weighted by molar-refractivity contribution is 0.0600. The number of pyridine rings is 1. The van der Waals surface area contributed by atoms with Crippen molar-refractivity contribution in [2.24, 2.45) is 0 Å². The Bertz CT molecular complexity index is 1220. The summed E-state index contributed by atoms with van der Waals surface area (Å²) in [6.45, 7) is 0.230. The maximum Gasteiger partial charge on any atom is 0.339 e. The van der Waals surface area contributed by atoms with Gasteiger partial charge in [-0.15, -0.1) is 0 Å². The topological polar surface area (TPSA) is 114 Å². The molecule has 0 unspecified atom stereocenters. The highest BCUT2D eigenvalue weighted by Gasteiger charge is 2.21. The van der Waals surface area contributed by atoms with Crippen molar-refractivity contribution in [2.45, 2.75) is 11.4 Å². The number of para-hydroxylation sites is 1. The molecule has 1 amide bonds. The molecule has 0 aliphatic carbocycles. The Hall–Kier alpha value is -3.43. The van der Waals surface area contributed by atoms with Gasteiger partial charge in [0.15, 0.2) is 0 Å². The third-order valence-electron chi connectivity index (χ3n) is 4.25. The number of carbonyl (C=O) groups is 2. The van der Waals surface area contributed by atoms with Crippen molar-refractivity contribution in [3.63, 3.8) is 0 Å². The molecule has 3 rings (SSSR count). The van der Waals surface area contributed by atoms with Crippen molar-refractivity contribution in [3.8, 4) is 0 Å². The molecule has 1 aromatic heterocycles. The van der Waals surface area contributed by atoms with Crippen LogP contribution in [0.15, 0.2) is 71.9 Å². The second kappa shape index (κ2) is 9.59. The fourth-order valence-electron chi connectivity index (χ4n) is 2.69. The van der Waals surface area contributed by atoms with Crippen LogP contribution < -0.4 is 10.0 Å². The van der Waals surface area contributed by atoms with E-state index in [2.05, 4.69) is 19.8 Å². The van der Waals surface area contributed by atoms with Gasteiger partial charge in [-0.05, 0) is 42.0 Å². The van der Waals surface area contributed by atoms with Crippen LogP contribution in [-0.4, -0.2) is 32.4 Å². The van der Waals surface area contributed by atoms with Crippen LogP contribution >= 0.6 is 11.6 Å². The Morgan fingerprint density at radius 3 is 2.55 bits per heavy atom. The first kappa shape index (κ1) is 22.3. The number of esters is 1. The molecule has 8 nitrogen and oxygen atoms in total. The van der Waals surface area contributed by atoms with E-state index in [9.17, 15) is 18.0 Å². The number of anilines is 1. The zero-order valence-corrected chi connectivity index (χ0v) is 17.9. The maximum atomic E-state index is 12.9. The summed E-state index contributed by atoms with van der Waals surface area (Å²) in [5.41, 5.74) is 0.929. The molecule has 2 N–H and O–H groups in total. The summed E-state index contributed by atoms with van der Waals surface area (Å²) in [5, 5.41) is 2.78. The van der Waals surface area contributed by atoms with E-state index in [-0.39, 0.29) is 33.3 Å². The monoisotopic (exact) mass is 459 g/mol. The first-order valence-electron chi connectivity index (χ1n) is 8.98. The third kappa shape index (κ3) is 5.39. The zero-order valence-electron chi connectivity index (χ0n) is 16.3. The van der Waals surface area contributed by atoms with Crippen molar-refractivity contribution < 1.29 is 22.7 Å². The maximum absolute atomic E-state index is 12.9. The van der Waals surface area contributed by atoms with Crippen molar-refractivity contribution in [2.75, 3.05) is 11.8 Å². The zero-order chi connectivity index (χ0) is 22.4. The molecule has 0 bridgehead atoms. The fraction of sp³-hybridized carbons (Fsp3) is 0.0952. The number of aromatic nitrogens is 1.